The lowest BCUT2D eigenvalue weighted by Crippen LogP contribution is -1.90. The van der Waals surface area contributed by atoms with Crippen LogP contribution in [0.5, 0.6) is 0 Å². The first-order valence-electron chi connectivity index (χ1n) is 7.21. The van der Waals surface area contributed by atoms with E-state index in [9.17, 15) is 0 Å². The van der Waals surface area contributed by atoms with Crippen LogP contribution in [0, 0.1) is 5.92 Å². The van der Waals surface area contributed by atoms with Gasteiger partial charge in [0.25, 0.3) is 0 Å². The number of allylic oxidation sites excluding steroid dienone is 3. The zero-order valence-electron chi connectivity index (χ0n) is 13.7. The Morgan fingerprint density at radius 1 is 1.12 bits per heavy atom. The lowest BCUT2D eigenvalue weighted by atomic mass is 10.0. The maximum Gasteiger partial charge on any atom is -0.0300 e. The van der Waals surface area contributed by atoms with Crippen molar-refractivity contribution in [3.8, 4) is 0 Å². The molecular weight excluding hydrogens is 204 g/mol. The summed E-state index contributed by atoms with van der Waals surface area (Å²) in [5.41, 5.74) is 2.74. The van der Waals surface area contributed by atoms with Gasteiger partial charge in [-0.3, -0.25) is 0 Å². The average molecular weight is 240 g/mol. The Labute approximate surface area is 111 Å². The molecule has 0 aromatic heterocycles. The molecule has 1 unspecified atom stereocenters. The van der Waals surface area contributed by atoms with Crippen LogP contribution in [0.3, 0.4) is 0 Å². The molecule has 104 valence electrons. The summed E-state index contributed by atoms with van der Waals surface area (Å²) >= 11 is 0. The Bertz CT molecular complexity index is 170. The predicted octanol–water partition coefficient (Wildman–Crippen LogP) is 6.78. The van der Waals surface area contributed by atoms with E-state index < -0.39 is 0 Å². The normalized spacial score (nSPS) is 10.1. The molecular formula is C17H36. The van der Waals surface area contributed by atoms with E-state index in [4.69, 9.17) is 0 Å². The minimum Gasteiger partial charge on any atom is -0.100 e. The van der Waals surface area contributed by atoms with Crippen molar-refractivity contribution in [2.45, 2.75) is 81.1 Å². The maximum absolute atomic E-state index is 3.84. The molecule has 0 radical (unpaired) electrons. The fourth-order valence-corrected chi connectivity index (χ4v) is 1.17. The van der Waals surface area contributed by atoms with E-state index in [0.717, 1.165) is 5.92 Å². The molecule has 0 saturated carbocycles. The van der Waals surface area contributed by atoms with Gasteiger partial charge in [-0.25, -0.2) is 0 Å². The van der Waals surface area contributed by atoms with Gasteiger partial charge in [-0.15, -0.1) is 6.58 Å². The Kier molecular flexibility index (Phi) is 22.8. The molecule has 0 bridgehead atoms. The molecule has 0 heterocycles. The summed E-state index contributed by atoms with van der Waals surface area (Å²) in [6, 6.07) is 0. The molecule has 0 aliphatic rings. The second-order valence-electron chi connectivity index (χ2n) is 4.74. The van der Waals surface area contributed by atoms with Crippen molar-refractivity contribution in [1.82, 2.24) is 0 Å². The molecule has 0 aromatic rings. The summed E-state index contributed by atoms with van der Waals surface area (Å²) in [6.07, 6.45) is 7.23. The van der Waals surface area contributed by atoms with Crippen LogP contribution < -0.4 is 0 Å². The molecule has 1 atom stereocenters. The van der Waals surface area contributed by atoms with Gasteiger partial charge in [0, 0.05) is 0 Å². The quantitative estimate of drug-likeness (QED) is 0.465. The van der Waals surface area contributed by atoms with Gasteiger partial charge in [-0.2, -0.15) is 0 Å². The first-order chi connectivity index (χ1) is 7.93. The van der Waals surface area contributed by atoms with E-state index >= 15 is 0 Å². The van der Waals surface area contributed by atoms with Gasteiger partial charge in [-0.05, 0) is 39.5 Å². The van der Waals surface area contributed by atoms with E-state index in [-0.39, 0.29) is 0 Å². The molecule has 0 nitrogen and oxygen atoms in total. The van der Waals surface area contributed by atoms with Crippen LogP contribution in [0.15, 0.2) is 23.8 Å². The SMILES string of the molecule is C=C(C)CC(C)CC.CC.CCCC=C(C)C. The maximum atomic E-state index is 3.84. The van der Waals surface area contributed by atoms with Crippen molar-refractivity contribution in [3.63, 3.8) is 0 Å². The summed E-state index contributed by atoms with van der Waals surface area (Å²) in [6.45, 7) is 20.9. The summed E-state index contributed by atoms with van der Waals surface area (Å²) in [5.74, 6) is 0.826. The number of hydrogen-bond donors (Lipinski definition) is 0. The standard InChI is InChI=1S/C8H16.C7H14.C2H6/c1-5-8(4)6-7(2)3;1-4-5-6-7(2)3;1-2/h8H,2,5-6H2,1,3-4H3;6H,4-5H2,1-3H3;1-2H3. The Hall–Kier alpha value is -0.520. The highest BCUT2D eigenvalue weighted by Crippen LogP contribution is 2.11. The fourth-order valence-electron chi connectivity index (χ4n) is 1.17. The molecule has 0 aromatic carbocycles. The summed E-state index contributed by atoms with van der Waals surface area (Å²) in [7, 11) is 0. The lowest BCUT2D eigenvalue weighted by Gasteiger charge is -2.05. The van der Waals surface area contributed by atoms with Gasteiger partial charge in [0.05, 0.1) is 0 Å². The topological polar surface area (TPSA) is 0 Å². The van der Waals surface area contributed by atoms with Gasteiger partial charge in [-0.1, -0.05) is 64.7 Å². The third kappa shape index (κ3) is 31.3. The monoisotopic (exact) mass is 240 g/mol. The summed E-state index contributed by atoms with van der Waals surface area (Å²) in [5, 5.41) is 0. The van der Waals surface area contributed by atoms with Crippen molar-refractivity contribution in [3.05, 3.63) is 23.8 Å². The van der Waals surface area contributed by atoms with Crippen molar-refractivity contribution in [2.75, 3.05) is 0 Å². The zero-order valence-corrected chi connectivity index (χ0v) is 13.7. The third-order valence-electron chi connectivity index (χ3n) is 2.24. The van der Waals surface area contributed by atoms with E-state index in [1.54, 1.807) is 0 Å². The van der Waals surface area contributed by atoms with Crippen molar-refractivity contribution in [1.29, 1.82) is 0 Å². The second kappa shape index (κ2) is 17.9. The number of hydrogen-bond acceptors (Lipinski definition) is 0. The highest BCUT2D eigenvalue weighted by molar-refractivity contribution is 4.92. The Morgan fingerprint density at radius 2 is 1.59 bits per heavy atom. The largest absolute Gasteiger partial charge is 0.100 e. The van der Waals surface area contributed by atoms with Crippen molar-refractivity contribution < 1.29 is 0 Å². The first kappa shape index (κ1) is 21.7. The van der Waals surface area contributed by atoms with Crippen LogP contribution in [0.4, 0.5) is 0 Å². The second-order valence-corrected chi connectivity index (χ2v) is 4.74. The highest BCUT2D eigenvalue weighted by atomic mass is 14.0. The number of unbranched alkanes of at least 4 members (excludes halogenated alkanes) is 1. The van der Waals surface area contributed by atoms with E-state index in [0.29, 0.717) is 0 Å². The Morgan fingerprint density at radius 3 is 1.71 bits per heavy atom. The van der Waals surface area contributed by atoms with Gasteiger partial charge >= 0.3 is 0 Å². The zero-order chi connectivity index (χ0) is 14.3. The van der Waals surface area contributed by atoms with Crippen LogP contribution in [0.2, 0.25) is 0 Å². The molecule has 0 fully saturated rings. The van der Waals surface area contributed by atoms with E-state index in [1.807, 2.05) is 13.8 Å². The molecule has 0 heteroatoms. The number of rotatable bonds is 5. The smallest absolute Gasteiger partial charge is 0.0300 e. The van der Waals surface area contributed by atoms with Crippen LogP contribution in [0.1, 0.15) is 81.1 Å². The fraction of sp³-hybridized carbons (Fsp3) is 0.765. The van der Waals surface area contributed by atoms with Gasteiger partial charge in [0.2, 0.25) is 0 Å². The van der Waals surface area contributed by atoms with Crippen LogP contribution >= 0.6 is 0 Å². The van der Waals surface area contributed by atoms with Gasteiger partial charge in [0.1, 0.15) is 0 Å². The molecule has 17 heavy (non-hydrogen) atoms. The minimum atomic E-state index is 0.826. The van der Waals surface area contributed by atoms with Gasteiger partial charge < -0.3 is 0 Å². The van der Waals surface area contributed by atoms with Crippen LogP contribution in [0.25, 0.3) is 0 Å². The van der Waals surface area contributed by atoms with Crippen molar-refractivity contribution in [2.24, 2.45) is 5.92 Å². The highest BCUT2D eigenvalue weighted by Gasteiger charge is 1.95. The molecule has 0 saturated heterocycles. The molecule has 0 aliphatic heterocycles. The molecule has 0 aliphatic carbocycles. The predicted molar refractivity (Wildman–Crippen MR) is 84.6 cm³/mol. The van der Waals surface area contributed by atoms with Crippen LogP contribution in [-0.4, -0.2) is 0 Å². The van der Waals surface area contributed by atoms with Crippen LogP contribution in [-0.2, 0) is 0 Å². The molecule has 0 N–H and O–H groups in total. The third-order valence-corrected chi connectivity index (χ3v) is 2.24. The van der Waals surface area contributed by atoms with Gasteiger partial charge in [0.15, 0.2) is 0 Å². The first-order valence-corrected chi connectivity index (χ1v) is 7.21. The minimum absolute atomic E-state index is 0.826. The summed E-state index contributed by atoms with van der Waals surface area (Å²) < 4.78 is 0. The van der Waals surface area contributed by atoms with E-state index in [2.05, 4.69) is 54.2 Å². The molecule has 0 spiro atoms. The summed E-state index contributed by atoms with van der Waals surface area (Å²) in [4.78, 5) is 0. The lowest BCUT2D eigenvalue weighted by molar-refractivity contribution is 0.558. The molecule has 0 amide bonds. The average Bonchev–Trinajstić information content (AvgIpc) is 2.29. The molecule has 0 rings (SSSR count). The Balaban J connectivity index is -0.000000202. The van der Waals surface area contributed by atoms with Crippen molar-refractivity contribution >= 4 is 0 Å². The van der Waals surface area contributed by atoms with E-state index in [1.165, 1.54) is 36.8 Å².